The van der Waals surface area contributed by atoms with Crippen LogP contribution in [0.2, 0.25) is 10.0 Å². The fourth-order valence-electron chi connectivity index (χ4n) is 3.28. The number of carbonyl (C=O) groups excluding carboxylic acids is 2. The summed E-state index contributed by atoms with van der Waals surface area (Å²) < 4.78 is 5.85. The van der Waals surface area contributed by atoms with Gasteiger partial charge in [-0.05, 0) is 68.5 Å². The second-order valence-corrected chi connectivity index (χ2v) is 8.88. The van der Waals surface area contributed by atoms with Crippen LogP contribution in [0.5, 0.6) is 5.75 Å². The molecular weight excluding hydrogens is 447 g/mol. The first-order chi connectivity index (χ1) is 15.2. The van der Waals surface area contributed by atoms with Gasteiger partial charge in [0.15, 0.2) is 6.61 Å². The summed E-state index contributed by atoms with van der Waals surface area (Å²) in [5, 5.41) is 3.83. The zero-order valence-corrected chi connectivity index (χ0v) is 20.9. The normalized spacial score (nSPS) is 12.7. The maximum absolute atomic E-state index is 13.3. The van der Waals surface area contributed by atoms with Crippen LogP contribution in [-0.4, -0.2) is 35.4 Å². The average Bonchev–Trinajstić information content (AvgIpc) is 2.76. The molecule has 0 aromatic heterocycles. The Balaban J connectivity index is 2.28. The van der Waals surface area contributed by atoms with Crippen molar-refractivity contribution in [3.05, 3.63) is 63.1 Å². The molecule has 0 unspecified atom stereocenters. The van der Waals surface area contributed by atoms with E-state index in [4.69, 9.17) is 27.9 Å². The van der Waals surface area contributed by atoms with E-state index >= 15 is 0 Å². The molecule has 0 aliphatic carbocycles. The summed E-state index contributed by atoms with van der Waals surface area (Å²) in [4.78, 5) is 27.8. The number of benzene rings is 2. The Labute approximate surface area is 201 Å². The summed E-state index contributed by atoms with van der Waals surface area (Å²) >= 11 is 12.2. The number of ether oxygens (including phenoxy) is 1. The molecule has 0 saturated carbocycles. The molecular formula is C25H32Cl2N2O3. The third-order valence-electron chi connectivity index (χ3n) is 5.42. The Bertz CT molecular complexity index is 949. The molecule has 1 N–H and O–H groups in total. The molecule has 174 valence electrons. The topological polar surface area (TPSA) is 58.6 Å². The quantitative estimate of drug-likeness (QED) is 0.475. The lowest BCUT2D eigenvalue weighted by atomic mass is 10.1. The number of halogens is 2. The van der Waals surface area contributed by atoms with E-state index in [2.05, 4.69) is 5.32 Å². The van der Waals surface area contributed by atoms with E-state index in [0.717, 1.165) is 23.1 Å². The Morgan fingerprint density at radius 1 is 1.03 bits per heavy atom. The van der Waals surface area contributed by atoms with Crippen LogP contribution < -0.4 is 10.1 Å². The van der Waals surface area contributed by atoms with Crippen molar-refractivity contribution in [2.45, 2.75) is 66.1 Å². The Hall–Kier alpha value is -2.24. The first-order valence-electron chi connectivity index (χ1n) is 10.9. The van der Waals surface area contributed by atoms with Gasteiger partial charge in [0.1, 0.15) is 11.8 Å². The van der Waals surface area contributed by atoms with E-state index in [9.17, 15) is 9.59 Å². The summed E-state index contributed by atoms with van der Waals surface area (Å²) in [5.74, 6) is 0.204. The first-order valence-corrected chi connectivity index (χ1v) is 11.7. The van der Waals surface area contributed by atoms with Crippen molar-refractivity contribution in [3.63, 3.8) is 0 Å². The van der Waals surface area contributed by atoms with Gasteiger partial charge in [0.2, 0.25) is 5.91 Å². The lowest BCUT2D eigenvalue weighted by Gasteiger charge is -2.31. The van der Waals surface area contributed by atoms with Crippen molar-refractivity contribution in [1.82, 2.24) is 10.2 Å². The molecule has 0 saturated heterocycles. The van der Waals surface area contributed by atoms with Crippen LogP contribution in [0, 0.1) is 13.8 Å². The molecule has 0 aliphatic heterocycles. The number of hydrogen-bond donors (Lipinski definition) is 1. The highest BCUT2D eigenvalue weighted by Gasteiger charge is 2.29. The van der Waals surface area contributed by atoms with Crippen molar-refractivity contribution < 1.29 is 14.3 Å². The van der Waals surface area contributed by atoms with Crippen molar-refractivity contribution in [2.24, 2.45) is 0 Å². The van der Waals surface area contributed by atoms with E-state index in [1.165, 1.54) is 0 Å². The molecule has 2 amide bonds. The van der Waals surface area contributed by atoms with Gasteiger partial charge in [-0.1, -0.05) is 55.2 Å². The van der Waals surface area contributed by atoms with Crippen LogP contribution in [0.3, 0.4) is 0 Å². The van der Waals surface area contributed by atoms with Crippen molar-refractivity contribution in [1.29, 1.82) is 0 Å². The summed E-state index contributed by atoms with van der Waals surface area (Å²) in [6.07, 6.45) is 1.28. The van der Waals surface area contributed by atoms with Crippen LogP contribution in [0.15, 0.2) is 36.4 Å². The predicted molar refractivity (Wildman–Crippen MR) is 130 cm³/mol. The number of hydrogen-bond acceptors (Lipinski definition) is 3. The fourth-order valence-corrected chi connectivity index (χ4v) is 3.60. The van der Waals surface area contributed by atoms with Gasteiger partial charge in [-0.3, -0.25) is 9.59 Å². The average molecular weight is 479 g/mol. The van der Waals surface area contributed by atoms with Gasteiger partial charge in [0.05, 0.1) is 10.0 Å². The van der Waals surface area contributed by atoms with E-state index in [0.29, 0.717) is 22.2 Å². The number of rotatable bonds is 10. The first kappa shape index (κ1) is 26.0. The van der Waals surface area contributed by atoms with Crippen molar-refractivity contribution >= 4 is 35.0 Å². The number of nitrogens with zero attached hydrogens (tertiary/aromatic N) is 1. The lowest BCUT2D eigenvalue weighted by Crippen LogP contribution is -2.51. The third-order valence-corrected chi connectivity index (χ3v) is 6.16. The molecule has 0 radical (unpaired) electrons. The summed E-state index contributed by atoms with van der Waals surface area (Å²) in [6, 6.07) is 10.4. The highest BCUT2D eigenvalue weighted by molar-refractivity contribution is 6.42. The second-order valence-electron chi connectivity index (χ2n) is 8.07. The molecule has 2 rings (SSSR count). The minimum atomic E-state index is -0.631. The van der Waals surface area contributed by atoms with Gasteiger partial charge in [0.25, 0.3) is 5.91 Å². The van der Waals surface area contributed by atoms with Crippen molar-refractivity contribution in [2.75, 3.05) is 6.61 Å². The highest BCUT2D eigenvalue weighted by atomic mass is 35.5. The van der Waals surface area contributed by atoms with Crippen LogP contribution in [0.4, 0.5) is 0 Å². The SMILES string of the molecule is CC[C@@H](C)NC(=O)[C@H](CC)N(Cc1ccc(Cl)c(Cl)c1)C(=O)COc1cc(C)ccc1C. The van der Waals surface area contributed by atoms with Crippen LogP contribution in [0.1, 0.15) is 50.3 Å². The van der Waals surface area contributed by atoms with E-state index < -0.39 is 6.04 Å². The standard InChI is InChI=1S/C25H32Cl2N2O3/c1-6-18(5)28-25(31)22(7-2)29(14-19-10-11-20(26)21(27)13-19)24(30)15-32-23-12-16(3)8-9-17(23)4/h8-13,18,22H,6-7,14-15H2,1-5H3,(H,28,31)/t18-,22+/m1/s1. The molecule has 0 bridgehead atoms. The van der Waals surface area contributed by atoms with Gasteiger partial charge >= 0.3 is 0 Å². The minimum absolute atomic E-state index is 0.0182. The van der Waals surface area contributed by atoms with Gasteiger partial charge in [-0.25, -0.2) is 0 Å². The summed E-state index contributed by atoms with van der Waals surface area (Å²) in [6.45, 7) is 9.79. The Kier molecular flexibility index (Phi) is 9.85. The van der Waals surface area contributed by atoms with E-state index in [1.807, 2.05) is 52.8 Å². The minimum Gasteiger partial charge on any atom is -0.483 e. The molecule has 2 aromatic rings. The third kappa shape index (κ3) is 7.14. The van der Waals surface area contributed by atoms with Crippen molar-refractivity contribution in [3.8, 4) is 5.75 Å². The molecule has 0 fully saturated rings. The zero-order chi connectivity index (χ0) is 23.8. The molecule has 5 nitrogen and oxygen atoms in total. The number of carbonyl (C=O) groups is 2. The number of amides is 2. The Morgan fingerprint density at radius 2 is 1.75 bits per heavy atom. The molecule has 0 heterocycles. The van der Waals surface area contributed by atoms with Gasteiger partial charge < -0.3 is 15.0 Å². The van der Waals surface area contributed by atoms with Gasteiger partial charge in [-0.15, -0.1) is 0 Å². The lowest BCUT2D eigenvalue weighted by molar-refractivity contribution is -0.143. The summed E-state index contributed by atoms with van der Waals surface area (Å²) in [7, 11) is 0. The van der Waals surface area contributed by atoms with Gasteiger partial charge in [0, 0.05) is 12.6 Å². The molecule has 2 atom stereocenters. The van der Waals surface area contributed by atoms with E-state index in [-0.39, 0.29) is 31.0 Å². The molecule has 0 aliphatic rings. The molecule has 32 heavy (non-hydrogen) atoms. The summed E-state index contributed by atoms with van der Waals surface area (Å²) in [5.41, 5.74) is 2.78. The molecule has 0 spiro atoms. The maximum Gasteiger partial charge on any atom is 0.261 e. The maximum atomic E-state index is 13.3. The van der Waals surface area contributed by atoms with Crippen LogP contribution in [0.25, 0.3) is 0 Å². The molecule has 2 aromatic carbocycles. The Morgan fingerprint density at radius 3 is 2.38 bits per heavy atom. The van der Waals surface area contributed by atoms with Gasteiger partial charge in [-0.2, -0.15) is 0 Å². The monoisotopic (exact) mass is 478 g/mol. The number of aryl methyl sites for hydroxylation is 2. The number of nitrogens with one attached hydrogen (secondary N) is 1. The van der Waals surface area contributed by atoms with Crippen LogP contribution >= 0.6 is 23.2 Å². The molecule has 7 heteroatoms. The predicted octanol–water partition coefficient (Wildman–Crippen LogP) is 5.71. The zero-order valence-electron chi connectivity index (χ0n) is 19.4. The van der Waals surface area contributed by atoms with Crippen LogP contribution in [-0.2, 0) is 16.1 Å². The van der Waals surface area contributed by atoms with E-state index in [1.54, 1.807) is 23.1 Å². The highest BCUT2D eigenvalue weighted by Crippen LogP contribution is 2.24. The fraction of sp³-hybridized carbons (Fsp3) is 0.440. The smallest absolute Gasteiger partial charge is 0.261 e. The largest absolute Gasteiger partial charge is 0.483 e. The second kappa shape index (κ2) is 12.1.